The normalized spacial score (nSPS) is 27.7. The monoisotopic (exact) mass is 337 g/mol. The zero-order valence-electron chi connectivity index (χ0n) is 13.1. The number of sulfone groups is 1. The molecule has 0 aromatic carbocycles. The van der Waals surface area contributed by atoms with Crippen LogP contribution < -0.4 is 5.32 Å². The highest BCUT2D eigenvalue weighted by atomic mass is 32.2. The molecule has 1 aromatic rings. The number of amides is 1. The van der Waals surface area contributed by atoms with Crippen molar-refractivity contribution in [3.8, 4) is 0 Å². The first-order valence-corrected chi connectivity index (χ1v) is 9.98. The van der Waals surface area contributed by atoms with Crippen LogP contribution in [0.25, 0.3) is 0 Å². The van der Waals surface area contributed by atoms with Gasteiger partial charge in [-0.15, -0.1) is 0 Å². The SMILES string of the molecule is O=C(NC1CCCN(CC2CCS(=O)(=O)C2)C1)c1ccncc1. The molecular formula is C16H23N3O3S. The van der Waals surface area contributed by atoms with Crippen LogP contribution in [-0.2, 0) is 9.84 Å². The van der Waals surface area contributed by atoms with Gasteiger partial charge < -0.3 is 10.2 Å². The first kappa shape index (κ1) is 16.4. The van der Waals surface area contributed by atoms with Gasteiger partial charge in [0.05, 0.1) is 11.5 Å². The number of piperidine rings is 1. The molecule has 1 amide bonds. The standard InChI is InChI=1S/C16H23N3O3S/c20-16(14-3-6-17-7-4-14)18-15-2-1-8-19(11-15)10-13-5-9-23(21,22)12-13/h3-4,6-7,13,15H,1-2,5,8-12H2,(H,18,20). The Morgan fingerprint density at radius 1 is 1.30 bits per heavy atom. The van der Waals surface area contributed by atoms with E-state index < -0.39 is 9.84 Å². The van der Waals surface area contributed by atoms with Gasteiger partial charge in [0.1, 0.15) is 0 Å². The molecule has 2 fully saturated rings. The second-order valence-electron chi connectivity index (χ2n) is 6.58. The highest BCUT2D eigenvalue weighted by Gasteiger charge is 2.31. The van der Waals surface area contributed by atoms with Crippen LogP contribution in [0.15, 0.2) is 24.5 Å². The van der Waals surface area contributed by atoms with Crippen molar-refractivity contribution >= 4 is 15.7 Å². The molecule has 2 unspecified atom stereocenters. The molecule has 1 aromatic heterocycles. The van der Waals surface area contributed by atoms with Gasteiger partial charge in [-0.3, -0.25) is 9.78 Å². The predicted molar refractivity (Wildman–Crippen MR) is 87.9 cm³/mol. The van der Waals surface area contributed by atoms with Gasteiger partial charge in [-0.1, -0.05) is 0 Å². The summed E-state index contributed by atoms with van der Waals surface area (Å²) in [6, 6.07) is 3.54. The summed E-state index contributed by atoms with van der Waals surface area (Å²) in [5.41, 5.74) is 0.624. The molecule has 6 nitrogen and oxygen atoms in total. The molecule has 2 atom stereocenters. The van der Waals surface area contributed by atoms with Gasteiger partial charge in [-0.05, 0) is 43.9 Å². The van der Waals surface area contributed by atoms with Gasteiger partial charge in [-0.2, -0.15) is 0 Å². The molecule has 3 rings (SSSR count). The Morgan fingerprint density at radius 2 is 2.09 bits per heavy atom. The summed E-state index contributed by atoms with van der Waals surface area (Å²) in [5, 5.41) is 3.08. The molecule has 7 heteroatoms. The molecule has 0 saturated carbocycles. The first-order chi connectivity index (χ1) is 11.0. The average molecular weight is 337 g/mol. The number of nitrogens with one attached hydrogen (secondary N) is 1. The van der Waals surface area contributed by atoms with Crippen LogP contribution in [0.4, 0.5) is 0 Å². The highest BCUT2D eigenvalue weighted by molar-refractivity contribution is 7.91. The molecule has 0 spiro atoms. The van der Waals surface area contributed by atoms with Gasteiger partial charge in [0.2, 0.25) is 0 Å². The van der Waals surface area contributed by atoms with E-state index in [0.717, 1.165) is 38.9 Å². The van der Waals surface area contributed by atoms with Crippen LogP contribution in [0.3, 0.4) is 0 Å². The van der Waals surface area contributed by atoms with Crippen molar-refractivity contribution in [3.05, 3.63) is 30.1 Å². The molecule has 2 aliphatic heterocycles. The lowest BCUT2D eigenvalue weighted by Gasteiger charge is -2.34. The molecular weight excluding hydrogens is 314 g/mol. The summed E-state index contributed by atoms with van der Waals surface area (Å²) >= 11 is 0. The van der Waals surface area contributed by atoms with Crippen LogP contribution in [0.1, 0.15) is 29.6 Å². The number of carbonyl (C=O) groups excluding carboxylic acids is 1. The van der Waals surface area contributed by atoms with Crippen molar-refractivity contribution in [2.45, 2.75) is 25.3 Å². The third kappa shape index (κ3) is 4.51. The minimum absolute atomic E-state index is 0.0669. The maximum atomic E-state index is 12.2. The van der Waals surface area contributed by atoms with Gasteiger partial charge in [0, 0.05) is 37.1 Å². The minimum atomic E-state index is -2.82. The van der Waals surface area contributed by atoms with Crippen molar-refractivity contribution < 1.29 is 13.2 Å². The number of nitrogens with zero attached hydrogens (tertiary/aromatic N) is 2. The van der Waals surface area contributed by atoms with E-state index in [1.54, 1.807) is 24.5 Å². The number of rotatable bonds is 4. The molecule has 0 aliphatic carbocycles. The largest absolute Gasteiger partial charge is 0.348 e. The lowest BCUT2D eigenvalue weighted by atomic mass is 10.0. The Balaban J connectivity index is 1.51. The number of hydrogen-bond donors (Lipinski definition) is 1. The maximum absolute atomic E-state index is 12.2. The second-order valence-corrected chi connectivity index (χ2v) is 8.81. The van der Waals surface area contributed by atoms with Crippen LogP contribution in [0.5, 0.6) is 0 Å². The fraction of sp³-hybridized carbons (Fsp3) is 0.625. The van der Waals surface area contributed by atoms with Crippen LogP contribution >= 0.6 is 0 Å². The van der Waals surface area contributed by atoms with E-state index in [-0.39, 0.29) is 17.9 Å². The molecule has 0 bridgehead atoms. The third-order valence-electron chi connectivity index (χ3n) is 4.63. The molecule has 2 aliphatic rings. The Hall–Kier alpha value is -1.47. The summed E-state index contributed by atoms with van der Waals surface area (Å²) in [7, 11) is -2.82. The van der Waals surface area contributed by atoms with E-state index in [4.69, 9.17) is 0 Å². The molecule has 0 radical (unpaired) electrons. The lowest BCUT2D eigenvalue weighted by Crippen LogP contribution is -2.48. The summed E-state index contributed by atoms with van der Waals surface area (Å²) in [6.07, 6.45) is 6.00. The van der Waals surface area contributed by atoms with Gasteiger partial charge >= 0.3 is 0 Å². The molecule has 23 heavy (non-hydrogen) atoms. The van der Waals surface area contributed by atoms with E-state index in [1.807, 2.05) is 0 Å². The van der Waals surface area contributed by atoms with Gasteiger partial charge in [-0.25, -0.2) is 8.42 Å². The summed E-state index contributed by atoms with van der Waals surface area (Å²) in [5.74, 6) is 0.822. The van der Waals surface area contributed by atoms with Crippen molar-refractivity contribution in [2.24, 2.45) is 5.92 Å². The zero-order chi connectivity index (χ0) is 16.3. The van der Waals surface area contributed by atoms with E-state index in [0.29, 0.717) is 17.1 Å². The number of likely N-dealkylation sites (tertiary alicyclic amines) is 1. The van der Waals surface area contributed by atoms with Gasteiger partial charge in [0.25, 0.3) is 5.91 Å². The zero-order valence-corrected chi connectivity index (χ0v) is 14.0. The molecule has 2 saturated heterocycles. The Labute approximate surface area is 137 Å². The number of carbonyl (C=O) groups is 1. The first-order valence-electron chi connectivity index (χ1n) is 8.15. The number of aromatic nitrogens is 1. The summed E-state index contributed by atoms with van der Waals surface area (Å²) in [6.45, 7) is 2.60. The lowest BCUT2D eigenvalue weighted by molar-refractivity contribution is 0.0897. The number of pyridine rings is 1. The highest BCUT2D eigenvalue weighted by Crippen LogP contribution is 2.21. The van der Waals surface area contributed by atoms with Crippen molar-refractivity contribution in [3.63, 3.8) is 0 Å². The Bertz CT molecular complexity index is 648. The maximum Gasteiger partial charge on any atom is 0.251 e. The van der Waals surface area contributed by atoms with E-state index in [1.165, 1.54) is 0 Å². The fourth-order valence-corrected chi connectivity index (χ4v) is 5.34. The Kier molecular flexibility index (Phi) is 4.96. The van der Waals surface area contributed by atoms with Gasteiger partial charge in [0.15, 0.2) is 9.84 Å². The van der Waals surface area contributed by atoms with Crippen LogP contribution in [0.2, 0.25) is 0 Å². The number of hydrogen-bond acceptors (Lipinski definition) is 5. The van der Waals surface area contributed by atoms with Crippen molar-refractivity contribution in [1.29, 1.82) is 0 Å². The second kappa shape index (κ2) is 6.97. The average Bonchev–Trinajstić information content (AvgIpc) is 2.87. The van der Waals surface area contributed by atoms with Crippen LogP contribution in [-0.4, -0.2) is 61.4 Å². The van der Waals surface area contributed by atoms with Crippen LogP contribution in [0, 0.1) is 5.92 Å². The fourth-order valence-electron chi connectivity index (χ4n) is 3.49. The van der Waals surface area contributed by atoms with E-state index in [9.17, 15) is 13.2 Å². The Morgan fingerprint density at radius 3 is 2.78 bits per heavy atom. The topological polar surface area (TPSA) is 79.4 Å². The van der Waals surface area contributed by atoms with Crippen molar-refractivity contribution in [2.75, 3.05) is 31.1 Å². The quantitative estimate of drug-likeness (QED) is 0.875. The molecule has 1 N–H and O–H groups in total. The smallest absolute Gasteiger partial charge is 0.251 e. The predicted octanol–water partition coefficient (Wildman–Crippen LogP) is 0.711. The van der Waals surface area contributed by atoms with Crippen molar-refractivity contribution in [1.82, 2.24) is 15.2 Å². The molecule has 126 valence electrons. The van der Waals surface area contributed by atoms with E-state index in [2.05, 4.69) is 15.2 Å². The summed E-state index contributed by atoms with van der Waals surface area (Å²) in [4.78, 5) is 18.4. The summed E-state index contributed by atoms with van der Waals surface area (Å²) < 4.78 is 23.1. The molecule has 3 heterocycles. The van der Waals surface area contributed by atoms with E-state index >= 15 is 0 Å². The minimum Gasteiger partial charge on any atom is -0.348 e. The third-order valence-corrected chi connectivity index (χ3v) is 6.46.